The van der Waals surface area contributed by atoms with Crippen molar-refractivity contribution in [2.75, 3.05) is 0 Å². The van der Waals surface area contributed by atoms with E-state index in [2.05, 4.69) is 6.58 Å². The molecule has 64 valence electrons. The Labute approximate surface area is 69.5 Å². The second kappa shape index (κ2) is 7.52. The lowest BCUT2D eigenvalue weighted by atomic mass is 10.0. The first-order valence-corrected chi connectivity index (χ1v) is 4.37. The quantitative estimate of drug-likeness (QED) is 0.313. The van der Waals surface area contributed by atoms with Gasteiger partial charge in [-0.2, -0.15) is 0 Å². The molecule has 0 aromatic carbocycles. The Kier molecular flexibility index (Phi) is 7.11. The number of hydrogen-bond donors (Lipinski definition) is 0. The van der Waals surface area contributed by atoms with Gasteiger partial charge in [0.15, 0.2) is 0 Å². The molecule has 0 spiro atoms. The first kappa shape index (κ1) is 10.4. The van der Waals surface area contributed by atoms with Crippen LogP contribution in [0.1, 0.15) is 39.0 Å². The van der Waals surface area contributed by atoms with E-state index in [4.69, 9.17) is 0 Å². The summed E-state index contributed by atoms with van der Waals surface area (Å²) in [4.78, 5) is 10.2. The molecule has 0 fully saturated rings. The Bertz CT molecular complexity index is 107. The highest BCUT2D eigenvalue weighted by molar-refractivity contribution is 5.52. The van der Waals surface area contributed by atoms with Crippen molar-refractivity contribution < 1.29 is 4.79 Å². The predicted molar refractivity (Wildman–Crippen MR) is 48.5 cm³/mol. The summed E-state index contributed by atoms with van der Waals surface area (Å²) in [6.45, 7) is 5.63. The molecule has 0 aliphatic carbocycles. The number of rotatable bonds is 7. The molecule has 1 atom stereocenters. The zero-order valence-electron chi connectivity index (χ0n) is 7.38. The molecule has 0 aromatic heterocycles. The largest absolute Gasteiger partial charge is 0.303 e. The number of carbonyl (C=O) groups is 1. The smallest absolute Gasteiger partial charge is 0.122 e. The average molecular weight is 154 g/mol. The fourth-order valence-electron chi connectivity index (χ4n) is 1.000. The van der Waals surface area contributed by atoms with E-state index in [9.17, 15) is 4.79 Å². The molecule has 0 amide bonds. The number of allylic oxidation sites excluding steroid dienone is 1. The van der Waals surface area contributed by atoms with Gasteiger partial charge in [0, 0.05) is 5.92 Å². The highest BCUT2D eigenvalue weighted by Crippen LogP contribution is 2.08. The minimum absolute atomic E-state index is 0.249. The van der Waals surface area contributed by atoms with Gasteiger partial charge in [-0.15, -0.1) is 6.58 Å². The zero-order chi connectivity index (χ0) is 8.53. The molecule has 1 unspecified atom stereocenters. The molecular weight excluding hydrogens is 136 g/mol. The third-order valence-corrected chi connectivity index (χ3v) is 1.80. The van der Waals surface area contributed by atoms with Crippen LogP contribution < -0.4 is 0 Å². The van der Waals surface area contributed by atoms with Gasteiger partial charge < -0.3 is 4.79 Å². The maximum Gasteiger partial charge on any atom is 0.122 e. The minimum atomic E-state index is 0.249. The normalized spacial score (nSPS) is 12.5. The molecule has 0 bridgehead atoms. The molecule has 0 saturated carbocycles. The number of hydrogen-bond acceptors (Lipinski definition) is 1. The van der Waals surface area contributed by atoms with E-state index in [0.717, 1.165) is 19.1 Å². The van der Waals surface area contributed by atoms with Gasteiger partial charge in [0.25, 0.3) is 0 Å². The molecule has 0 aliphatic heterocycles. The SMILES string of the molecule is C=CCCCCCC(C)C=O. The maximum absolute atomic E-state index is 10.2. The standard InChI is InChI=1S/C10H18O/c1-3-4-5-6-7-8-10(2)9-11/h3,9-10H,1,4-8H2,2H3. The first-order valence-electron chi connectivity index (χ1n) is 4.37. The van der Waals surface area contributed by atoms with E-state index in [-0.39, 0.29) is 5.92 Å². The number of carbonyl (C=O) groups excluding carboxylic acids is 1. The summed E-state index contributed by atoms with van der Waals surface area (Å²) in [6, 6.07) is 0. The zero-order valence-corrected chi connectivity index (χ0v) is 7.38. The summed E-state index contributed by atoms with van der Waals surface area (Å²) in [6.07, 6.45) is 8.75. The van der Waals surface area contributed by atoms with Crippen molar-refractivity contribution in [3.8, 4) is 0 Å². The Morgan fingerprint density at radius 1 is 1.36 bits per heavy atom. The molecule has 0 rings (SSSR count). The van der Waals surface area contributed by atoms with Crippen LogP contribution in [0.15, 0.2) is 12.7 Å². The fraction of sp³-hybridized carbons (Fsp3) is 0.700. The van der Waals surface area contributed by atoms with Crippen LogP contribution in [0.2, 0.25) is 0 Å². The van der Waals surface area contributed by atoms with Gasteiger partial charge in [-0.25, -0.2) is 0 Å². The highest BCUT2D eigenvalue weighted by atomic mass is 16.1. The van der Waals surface area contributed by atoms with Crippen LogP contribution in [-0.2, 0) is 4.79 Å². The summed E-state index contributed by atoms with van der Waals surface area (Å²) in [5.74, 6) is 0.249. The van der Waals surface area contributed by atoms with Crippen molar-refractivity contribution in [3.05, 3.63) is 12.7 Å². The van der Waals surface area contributed by atoms with Crippen LogP contribution in [0.25, 0.3) is 0 Å². The van der Waals surface area contributed by atoms with Crippen molar-refractivity contribution in [3.63, 3.8) is 0 Å². The van der Waals surface area contributed by atoms with E-state index in [1.165, 1.54) is 19.3 Å². The van der Waals surface area contributed by atoms with E-state index in [1.54, 1.807) is 0 Å². The maximum atomic E-state index is 10.2. The van der Waals surface area contributed by atoms with Gasteiger partial charge in [-0.05, 0) is 19.3 Å². The van der Waals surface area contributed by atoms with Crippen LogP contribution in [0.3, 0.4) is 0 Å². The highest BCUT2D eigenvalue weighted by Gasteiger charge is 1.97. The van der Waals surface area contributed by atoms with Gasteiger partial charge in [0.05, 0.1) is 0 Å². The lowest BCUT2D eigenvalue weighted by molar-refractivity contribution is -0.110. The van der Waals surface area contributed by atoms with E-state index in [1.807, 2.05) is 13.0 Å². The summed E-state index contributed by atoms with van der Waals surface area (Å²) < 4.78 is 0. The minimum Gasteiger partial charge on any atom is -0.303 e. The summed E-state index contributed by atoms with van der Waals surface area (Å²) in [5.41, 5.74) is 0. The van der Waals surface area contributed by atoms with Crippen LogP contribution in [0.5, 0.6) is 0 Å². The van der Waals surface area contributed by atoms with Crippen molar-refractivity contribution in [1.82, 2.24) is 0 Å². The van der Waals surface area contributed by atoms with Crippen LogP contribution in [0, 0.1) is 5.92 Å². The third-order valence-electron chi connectivity index (χ3n) is 1.80. The Morgan fingerprint density at radius 3 is 2.64 bits per heavy atom. The number of unbranched alkanes of at least 4 members (excludes halogenated alkanes) is 3. The van der Waals surface area contributed by atoms with E-state index in [0.29, 0.717) is 0 Å². The molecule has 0 heterocycles. The Morgan fingerprint density at radius 2 is 2.09 bits per heavy atom. The molecule has 0 radical (unpaired) electrons. The molecule has 0 aliphatic rings. The van der Waals surface area contributed by atoms with Crippen LogP contribution in [0.4, 0.5) is 0 Å². The molecule has 1 nitrogen and oxygen atoms in total. The van der Waals surface area contributed by atoms with E-state index >= 15 is 0 Å². The van der Waals surface area contributed by atoms with Gasteiger partial charge in [-0.1, -0.05) is 25.8 Å². The van der Waals surface area contributed by atoms with Gasteiger partial charge in [0.1, 0.15) is 6.29 Å². The van der Waals surface area contributed by atoms with Gasteiger partial charge in [0.2, 0.25) is 0 Å². The fourth-order valence-corrected chi connectivity index (χ4v) is 1.000. The molecule has 11 heavy (non-hydrogen) atoms. The molecular formula is C10H18O. The van der Waals surface area contributed by atoms with Crippen LogP contribution >= 0.6 is 0 Å². The lowest BCUT2D eigenvalue weighted by Gasteiger charge is -2.01. The second-order valence-electron chi connectivity index (χ2n) is 3.04. The molecule has 0 aromatic rings. The lowest BCUT2D eigenvalue weighted by Crippen LogP contribution is -1.94. The molecule has 0 N–H and O–H groups in total. The Balaban J connectivity index is 3.01. The van der Waals surface area contributed by atoms with Crippen molar-refractivity contribution in [1.29, 1.82) is 0 Å². The molecule has 1 heteroatoms. The summed E-state index contributed by atoms with van der Waals surface area (Å²) in [5, 5.41) is 0. The second-order valence-corrected chi connectivity index (χ2v) is 3.04. The van der Waals surface area contributed by atoms with Crippen molar-refractivity contribution in [2.24, 2.45) is 5.92 Å². The summed E-state index contributed by atoms with van der Waals surface area (Å²) >= 11 is 0. The predicted octanol–water partition coefficient (Wildman–Crippen LogP) is 2.96. The van der Waals surface area contributed by atoms with Crippen LogP contribution in [-0.4, -0.2) is 6.29 Å². The van der Waals surface area contributed by atoms with Gasteiger partial charge >= 0.3 is 0 Å². The third kappa shape index (κ3) is 7.31. The van der Waals surface area contributed by atoms with Crippen molar-refractivity contribution in [2.45, 2.75) is 39.0 Å². The summed E-state index contributed by atoms with van der Waals surface area (Å²) in [7, 11) is 0. The first-order chi connectivity index (χ1) is 5.31. The molecule has 0 saturated heterocycles. The van der Waals surface area contributed by atoms with Gasteiger partial charge in [-0.3, -0.25) is 0 Å². The Hall–Kier alpha value is -0.590. The number of aldehydes is 1. The average Bonchev–Trinajstić information content (AvgIpc) is 2.04. The van der Waals surface area contributed by atoms with E-state index < -0.39 is 0 Å². The topological polar surface area (TPSA) is 17.1 Å². The monoisotopic (exact) mass is 154 g/mol. The van der Waals surface area contributed by atoms with Crippen molar-refractivity contribution >= 4 is 6.29 Å².